The lowest BCUT2D eigenvalue weighted by Gasteiger charge is -2.24. The minimum Gasteiger partial charge on any atom is -0.394 e. The van der Waals surface area contributed by atoms with Gasteiger partial charge in [-0.1, -0.05) is 37.3 Å². The van der Waals surface area contributed by atoms with E-state index >= 15 is 0 Å². The van der Waals surface area contributed by atoms with Crippen molar-refractivity contribution in [3.8, 4) is 0 Å². The van der Waals surface area contributed by atoms with E-state index in [-0.39, 0.29) is 11.9 Å². The molecule has 0 amide bonds. The zero-order valence-electron chi connectivity index (χ0n) is 9.28. The Morgan fingerprint density at radius 3 is 2.44 bits per heavy atom. The minimum atomic E-state index is -0.892. The number of benzene rings is 1. The molecule has 0 spiro atoms. The van der Waals surface area contributed by atoms with Crippen molar-refractivity contribution in [1.29, 1.82) is 0 Å². The van der Waals surface area contributed by atoms with E-state index in [1.54, 1.807) is 0 Å². The summed E-state index contributed by atoms with van der Waals surface area (Å²) in [5.41, 5.74) is 1.03. The first-order chi connectivity index (χ1) is 7.65. The molecule has 0 saturated carbocycles. The molecule has 90 valence electrons. The zero-order chi connectivity index (χ0) is 12.0. The summed E-state index contributed by atoms with van der Waals surface area (Å²) < 4.78 is 5.56. The molecule has 16 heavy (non-hydrogen) atoms. The van der Waals surface area contributed by atoms with Crippen LogP contribution in [0, 0.1) is 0 Å². The van der Waals surface area contributed by atoms with Crippen molar-refractivity contribution in [2.45, 2.75) is 31.0 Å². The van der Waals surface area contributed by atoms with Crippen molar-refractivity contribution < 1.29 is 14.9 Å². The molecule has 0 heterocycles. The standard InChI is InChI=1S/C12H18O3S/c1-9(16)12(11(14)7-13)15-8-10-5-3-2-4-6-10/h2-6,9,11-14,16H,7-8H2,1H3/t9-,11-,12+/m0/s1. The van der Waals surface area contributed by atoms with E-state index in [1.165, 1.54) is 0 Å². The Labute approximate surface area is 101 Å². The van der Waals surface area contributed by atoms with Crippen LogP contribution in [0.15, 0.2) is 30.3 Å². The van der Waals surface area contributed by atoms with E-state index in [4.69, 9.17) is 9.84 Å². The Morgan fingerprint density at radius 1 is 1.31 bits per heavy atom. The fraction of sp³-hybridized carbons (Fsp3) is 0.500. The van der Waals surface area contributed by atoms with Gasteiger partial charge in [-0.3, -0.25) is 0 Å². The summed E-state index contributed by atoms with van der Waals surface area (Å²) in [6.45, 7) is 1.93. The number of thiol groups is 1. The molecule has 0 aliphatic rings. The van der Waals surface area contributed by atoms with Gasteiger partial charge in [0, 0.05) is 5.25 Å². The first kappa shape index (κ1) is 13.5. The maximum atomic E-state index is 9.54. The Balaban J connectivity index is 2.50. The molecule has 0 radical (unpaired) electrons. The van der Waals surface area contributed by atoms with Gasteiger partial charge < -0.3 is 14.9 Å². The summed E-state index contributed by atoms with van der Waals surface area (Å²) in [7, 11) is 0. The summed E-state index contributed by atoms with van der Waals surface area (Å²) in [4.78, 5) is 0. The van der Waals surface area contributed by atoms with Gasteiger partial charge in [-0.05, 0) is 5.56 Å². The molecular formula is C12H18O3S. The number of ether oxygens (including phenoxy) is 1. The molecular weight excluding hydrogens is 224 g/mol. The largest absolute Gasteiger partial charge is 0.394 e. The number of hydrogen-bond donors (Lipinski definition) is 3. The number of hydrogen-bond acceptors (Lipinski definition) is 4. The van der Waals surface area contributed by atoms with Crippen molar-refractivity contribution in [2.75, 3.05) is 6.61 Å². The fourth-order valence-electron chi connectivity index (χ4n) is 1.44. The molecule has 0 aromatic heterocycles. The topological polar surface area (TPSA) is 49.7 Å². The summed E-state index contributed by atoms with van der Waals surface area (Å²) in [5.74, 6) is 0. The Kier molecular flexibility index (Phi) is 5.84. The SMILES string of the molecule is C[C@H](S)[C@@H](OCc1ccccc1)[C@@H](O)CO. The van der Waals surface area contributed by atoms with Crippen LogP contribution in [0.3, 0.4) is 0 Å². The highest BCUT2D eigenvalue weighted by Gasteiger charge is 2.23. The van der Waals surface area contributed by atoms with Crippen molar-refractivity contribution in [3.05, 3.63) is 35.9 Å². The van der Waals surface area contributed by atoms with Gasteiger partial charge in [-0.2, -0.15) is 12.6 Å². The monoisotopic (exact) mass is 242 g/mol. The van der Waals surface area contributed by atoms with Gasteiger partial charge >= 0.3 is 0 Å². The molecule has 3 atom stereocenters. The molecule has 1 aromatic carbocycles. The van der Waals surface area contributed by atoms with Crippen LogP contribution in [-0.4, -0.2) is 34.3 Å². The quantitative estimate of drug-likeness (QED) is 0.658. The second kappa shape index (κ2) is 6.91. The second-order valence-corrected chi connectivity index (χ2v) is 4.57. The van der Waals surface area contributed by atoms with Crippen LogP contribution in [0.4, 0.5) is 0 Å². The molecule has 4 heteroatoms. The Bertz CT molecular complexity index is 290. The zero-order valence-corrected chi connectivity index (χ0v) is 10.2. The van der Waals surface area contributed by atoms with Crippen molar-refractivity contribution in [3.63, 3.8) is 0 Å². The third-order valence-corrected chi connectivity index (χ3v) is 2.62. The summed E-state index contributed by atoms with van der Waals surface area (Å²) in [5, 5.41) is 18.3. The highest BCUT2D eigenvalue weighted by molar-refractivity contribution is 7.81. The predicted molar refractivity (Wildman–Crippen MR) is 66.6 cm³/mol. The van der Waals surface area contributed by atoms with E-state index in [0.717, 1.165) is 5.56 Å². The lowest BCUT2D eigenvalue weighted by atomic mass is 10.1. The molecule has 1 rings (SSSR count). The number of aliphatic hydroxyl groups excluding tert-OH is 2. The molecule has 0 fully saturated rings. The van der Waals surface area contributed by atoms with E-state index in [9.17, 15) is 5.11 Å². The predicted octanol–water partition coefficient (Wildman–Crippen LogP) is 1.24. The van der Waals surface area contributed by atoms with Gasteiger partial charge in [0.1, 0.15) is 6.10 Å². The molecule has 0 unspecified atom stereocenters. The molecule has 0 aliphatic heterocycles. The maximum Gasteiger partial charge on any atom is 0.104 e. The van der Waals surface area contributed by atoms with Crippen LogP contribution in [0.25, 0.3) is 0 Å². The molecule has 0 saturated heterocycles. The lowest BCUT2D eigenvalue weighted by molar-refractivity contribution is -0.0629. The molecule has 1 aromatic rings. The van der Waals surface area contributed by atoms with Crippen molar-refractivity contribution >= 4 is 12.6 Å². The third kappa shape index (κ3) is 4.14. The molecule has 0 aliphatic carbocycles. The summed E-state index contributed by atoms with van der Waals surface area (Å²) in [6, 6.07) is 9.70. The van der Waals surface area contributed by atoms with Gasteiger partial charge in [-0.15, -0.1) is 0 Å². The first-order valence-electron chi connectivity index (χ1n) is 5.27. The average Bonchev–Trinajstić information content (AvgIpc) is 2.30. The second-order valence-electron chi connectivity index (χ2n) is 3.75. The minimum absolute atomic E-state index is 0.133. The normalized spacial score (nSPS) is 16.8. The highest BCUT2D eigenvalue weighted by Crippen LogP contribution is 2.13. The Hall–Kier alpha value is -0.550. The van der Waals surface area contributed by atoms with Gasteiger partial charge in [-0.25, -0.2) is 0 Å². The number of rotatable bonds is 6. The van der Waals surface area contributed by atoms with Crippen molar-refractivity contribution in [2.24, 2.45) is 0 Å². The van der Waals surface area contributed by atoms with Crippen molar-refractivity contribution in [1.82, 2.24) is 0 Å². The Morgan fingerprint density at radius 2 is 1.94 bits per heavy atom. The van der Waals surface area contributed by atoms with Crippen LogP contribution >= 0.6 is 12.6 Å². The third-order valence-electron chi connectivity index (χ3n) is 2.33. The van der Waals surface area contributed by atoms with Crippen LogP contribution in [0.2, 0.25) is 0 Å². The first-order valence-corrected chi connectivity index (χ1v) is 5.79. The van der Waals surface area contributed by atoms with E-state index < -0.39 is 12.2 Å². The van der Waals surface area contributed by atoms with Gasteiger partial charge in [0.15, 0.2) is 0 Å². The van der Waals surface area contributed by atoms with Gasteiger partial charge in [0.05, 0.1) is 19.3 Å². The molecule has 3 nitrogen and oxygen atoms in total. The van der Waals surface area contributed by atoms with Gasteiger partial charge in [0.2, 0.25) is 0 Å². The van der Waals surface area contributed by atoms with Crippen LogP contribution in [-0.2, 0) is 11.3 Å². The summed E-state index contributed by atoms with van der Waals surface area (Å²) in [6.07, 6.45) is -1.36. The van der Waals surface area contributed by atoms with E-state index in [1.807, 2.05) is 37.3 Å². The van der Waals surface area contributed by atoms with Crippen LogP contribution in [0.5, 0.6) is 0 Å². The summed E-state index contributed by atoms with van der Waals surface area (Å²) >= 11 is 4.24. The average molecular weight is 242 g/mol. The number of aliphatic hydroxyl groups is 2. The van der Waals surface area contributed by atoms with Crippen LogP contribution in [0.1, 0.15) is 12.5 Å². The van der Waals surface area contributed by atoms with Crippen LogP contribution < -0.4 is 0 Å². The fourth-order valence-corrected chi connectivity index (χ4v) is 1.73. The van der Waals surface area contributed by atoms with Gasteiger partial charge in [0.25, 0.3) is 0 Å². The van der Waals surface area contributed by atoms with E-state index in [0.29, 0.717) is 6.61 Å². The highest BCUT2D eigenvalue weighted by atomic mass is 32.1. The maximum absolute atomic E-state index is 9.54. The molecule has 2 N–H and O–H groups in total. The van der Waals surface area contributed by atoms with E-state index in [2.05, 4.69) is 12.6 Å². The smallest absolute Gasteiger partial charge is 0.104 e. The lowest BCUT2D eigenvalue weighted by Crippen LogP contribution is -2.38. The molecule has 0 bridgehead atoms.